The number of amides is 1. The number of aryl methyl sites for hydroxylation is 1. The number of thioether (sulfide) groups is 1. The lowest BCUT2D eigenvalue weighted by atomic mass is 9.66. The molecular formula is C47H49NO14S3. The molecule has 4 aromatic rings. The van der Waals surface area contributed by atoms with Crippen LogP contribution in [0, 0.1) is 11.8 Å². The number of fused-ring (bicyclic) bond motifs is 6. The van der Waals surface area contributed by atoms with Crippen molar-refractivity contribution in [2.45, 2.75) is 42.2 Å². The van der Waals surface area contributed by atoms with Crippen LogP contribution >= 0.6 is 33.3 Å². The Morgan fingerprint density at radius 1 is 0.754 bits per heavy atom. The van der Waals surface area contributed by atoms with Crippen LogP contribution in [0.25, 0.3) is 11.1 Å². The Bertz CT molecular complexity index is 2550. The summed E-state index contributed by atoms with van der Waals surface area (Å²) < 4.78 is 57.6. The van der Waals surface area contributed by atoms with Gasteiger partial charge in [0.15, 0.2) is 39.9 Å². The third-order valence-corrected chi connectivity index (χ3v) is 15.2. The zero-order chi connectivity index (χ0) is 45.9. The lowest BCUT2D eigenvalue weighted by Gasteiger charge is -2.38. The van der Waals surface area contributed by atoms with Crippen LogP contribution in [0.5, 0.6) is 46.0 Å². The van der Waals surface area contributed by atoms with E-state index in [9.17, 15) is 19.2 Å². The number of rotatable bonds is 16. The molecule has 4 aliphatic rings. The second-order valence-corrected chi connectivity index (χ2v) is 18.9. The monoisotopic (exact) mass is 947 g/mol. The van der Waals surface area contributed by atoms with E-state index in [1.165, 1.54) is 54.7 Å². The van der Waals surface area contributed by atoms with Crippen molar-refractivity contribution in [1.82, 2.24) is 5.32 Å². The third kappa shape index (κ3) is 8.79. The highest BCUT2D eigenvalue weighted by atomic mass is 33.1. The summed E-state index contributed by atoms with van der Waals surface area (Å²) in [5.41, 5.74) is 5.11. The van der Waals surface area contributed by atoms with E-state index in [1.54, 1.807) is 33.5 Å². The molecule has 1 fully saturated rings. The summed E-state index contributed by atoms with van der Waals surface area (Å²) in [5.74, 6) is 1.31. The molecule has 344 valence electrons. The fourth-order valence-electron chi connectivity index (χ4n) is 9.28. The molecule has 2 aliphatic heterocycles. The van der Waals surface area contributed by atoms with Crippen molar-refractivity contribution in [3.05, 3.63) is 86.6 Å². The lowest BCUT2D eigenvalue weighted by molar-refractivity contribution is -0.154. The summed E-state index contributed by atoms with van der Waals surface area (Å²) >= 11 is 1.35. The molecule has 4 aromatic carbocycles. The van der Waals surface area contributed by atoms with Gasteiger partial charge in [-0.15, -0.1) is 11.8 Å². The molecular weight excluding hydrogens is 899 g/mol. The highest BCUT2D eigenvalue weighted by molar-refractivity contribution is 8.76. The maximum absolute atomic E-state index is 13.6. The lowest BCUT2D eigenvalue weighted by Crippen LogP contribution is -2.36. The maximum atomic E-state index is 13.6. The number of carbonyl (C=O) groups is 3. The topological polar surface area (TPSA) is 173 Å². The zero-order valence-corrected chi connectivity index (χ0v) is 39.3. The number of nitrogens with one attached hydrogen (secondary N) is 1. The average Bonchev–Trinajstić information content (AvgIpc) is 3.86. The molecule has 8 rings (SSSR count). The van der Waals surface area contributed by atoms with Crippen LogP contribution in [0.1, 0.15) is 58.7 Å². The Kier molecular flexibility index (Phi) is 14.1. The van der Waals surface area contributed by atoms with Crippen LogP contribution in [-0.4, -0.2) is 91.7 Å². The van der Waals surface area contributed by atoms with Gasteiger partial charge in [-0.05, 0) is 89.4 Å². The Labute approximate surface area is 388 Å². The van der Waals surface area contributed by atoms with Crippen molar-refractivity contribution in [3.63, 3.8) is 0 Å². The van der Waals surface area contributed by atoms with Crippen molar-refractivity contribution < 1.29 is 61.8 Å². The summed E-state index contributed by atoms with van der Waals surface area (Å²) in [4.78, 5) is 54.8. The molecule has 0 spiro atoms. The quantitative estimate of drug-likeness (QED) is 0.0512. The smallest absolute Gasteiger partial charge is 0.310 e. The van der Waals surface area contributed by atoms with E-state index in [0.29, 0.717) is 80.6 Å². The van der Waals surface area contributed by atoms with Crippen LogP contribution in [0.2, 0.25) is 0 Å². The van der Waals surface area contributed by atoms with Crippen molar-refractivity contribution in [2.24, 2.45) is 11.8 Å². The summed E-state index contributed by atoms with van der Waals surface area (Å²) in [6.07, 6.45) is 2.15. The standard InChI is InChI=1S/C47H49NO14S3/c1-53-34-15-24(16-35(54-2)44(34)56-4)40-27-18-32-33(61-22-60-32)19-28(27)43(29-20-59-47(52)42(29)40)62-39(51)12-13-64-65-21-38(50)48-30-10-8-23-14-36(55-3)45(57-5)46(58-6)41(23)25-9-11-37(63-7)31(49)17-26(25)30/h9,11,14-19,29-30,40,42-43H,8,10,12-13,20-22H2,1-7H3,(H,48,50)/t29-,30-,40+,42-,43-/m0/s1. The molecule has 0 unspecified atom stereocenters. The SMILES string of the molecule is COc1cc([C@@H]2c3cc4c(cc3[C@H](OC(=O)CCSSCC(=O)N[C@H]3CCc5cc(OC)c(OC)c(OC)c5-c5ccc(SC)c(=O)cc53)[C@H]3COC(=O)[C@H]23)OCO4)cc(OC)c1OC. The van der Waals surface area contributed by atoms with E-state index in [-0.39, 0.29) is 36.9 Å². The van der Waals surface area contributed by atoms with Gasteiger partial charge in [-0.3, -0.25) is 19.2 Å². The number of cyclic esters (lactones) is 1. The third-order valence-electron chi connectivity index (χ3n) is 12.1. The molecule has 2 heterocycles. The van der Waals surface area contributed by atoms with E-state index >= 15 is 0 Å². The van der Waals surface area contributed by atoms with Crippen molar-refractivity contribution in [3.8, 4) is 57.1 Å². The normalized spacial score (nSPS) is 19.9. The molecule has 1 saturated heterocycles. The predicted octanol–water partition coefficient (Wildman–Crippen LogP) is 7.31. The van der Waals surface area contributed by atoms with Crippen LogP contribution in [0.15, 0.2) is 58.2 Å². The number of hydrogen-bond donors (Lipinski definition) is 1. The summed E-state index contributed by atoms with van der Waals surface area (Å²) in [7, 11) is 11.9. The summed E-state index contributed by atoms with van der Waals surface area (Å²) in [5, 5.41) is 3.17. The predicted molar refractivity (Wildman–Crippen MR) is 246 cm³/mol. The number of hydrogen-bond acceptors (Lipinski definition) is 17. The largest absolute Gasteiger partial charge is 0.493 e. The minimum Gasteiger partial charge on any atom is -0.493 e. The highest BCUT2D eigenvalue weighted by Crippen LogP contribution is 2.57. The average molecular weight is 948 g/mol. The number of ether oxygens (including phenoxy) is 10. The van der Waals surface area contributed by atoms with E-state index in [4.69, 9.17) is 47.4 Å². The molecule has 5 atom stereocenters. The maximum Gasteiger partial charge on any atom is 0.310 e. The first-order valence-electron chi connectivity index (χ1n) is 20.7. The van der Waals surface area contributed by atoms with Gasteiger partial charge in [0.25, 0.3) is 0 Å². The van der Waals surface area contributed by atoms with Crippen LogP contribution in [0.4, 0.5) is 0 Å². The van der Waals surface area contributed by atoms with Gasteiger partial charge < -0.3 is 52.7 Å². The van der Waals surface area contributed by atoms with Gasteiger partial charge >= 0.3 is 11.9 Å². The fourth-order valence-corrected chi connectivity index (χ4v) is 11.6. The van der Waals surface area contributed by atoms with Gasteiger partial charge in [0, 0.05) is 28.7 Å². The van der Waals surface area contributed by atoms with Crippen LogP contribution in [-0.2, 0) is 30.3 Å². The molecule has 0 aromatic heterocycles. The van der Waals surface area contributed by atoms with Gasteiger partial charge in [-0.25, -0.2) is 0 Å². The first-order valence-corrected chi connectivity index (χ1v) is 24.5. The van der Waals surface area contributed by atoms with Crippen LogP contribution < -0.4 is 48.6 Å². The summed E-state index contributed by atoms with van der Waals surface area (Å²) in [6, 6.07) is 14.0. The van der Waals surface area contributed by atoms with Crippen molar-refractivity contribution in [1.29, 1.82) is 0 Å². The molecule has 1 amide bonds. The molecule has 15 nitrogen and oxygen atoms in total. The zero-order valence-electron chi connectivity index (χ0n) is 36.9. The molecule has 65 heavy (non-hydrogen) atoms. The Morgan fingerprint density at radius 2 is 1.43 bits per heavy atom. The Balaban J connectivity index is 0.953. The van der Waals surface area contributed by atoms with Gasteiger partial charge in [-0.2, -0.15) is 0 Å². The molecule has 18 heteroatoms. The van der Waals surface area contributed by atoms with E-state index < -0.39 is 41.8 Å². The van der Waals surface area contributed by atoms with E-state index in [1.807, 2.05) is 42.7 Å². The molecule has 0 saturated carbocycles. The number of benzene rings is 3. The minimum atomic E-state index is -0.815. The van der Waals surface area contributed by atoms with Gasteiger partial charge in [-0.1, -0.05) is 27.7 Å². The first-order chi connectivity index (χ1) is 31.6. The van der Waals surface area contributed by atoms with Gasteiger partial charge in [0.05, 0.1) is 78.3 Å². The summed E-state index contributed by atoms with van der Waals surface area (Å²) in [6.45, 7) is 0.0808. The van der Waals surface area contributed by atoms with Crippen molar-refractivity contribution >= 4 is 51.2 Å². The molecule has 0 radical (unpaired) electrons. The highest BCUT2D eigenvalue weighted by Gasteiger charge is 2.54. The van der Waals surface area contributed by atoms with Gasteiger partial charge in [0.2, 0.25) is 24.2 Å². The number of esters is 2. The van der Waals surface area contributed by atoms with Gasteiger partial charge in [0.1, 0.15) is 6.10 Å². The second kappa shape index (κ2) is 19.9. The molecule has 1 N–H and O–H groups in total. The Hall–Kier alpha value is -5.59. The van der Waals surface area contributed by atoms with Crippen LogP contribution in [0.3, 0.4) is 0 Å². The molecule has 0 bridgehead atoms. The first kappa shape index (κ1) is 46.0. The van der Waals surface area contributed by atoms with E-state index in [0.717, 1.165) is 27.8 Å². The van der Waals surface area contributed by atoms with E-state index in [2.05, 4.69) is 5.32 Å². The van der Waals surface area contributed by atoms with Crippen molar-refractivity contribution in [2.75, 3.05) is 73.8 Å². The molecule has 2 aliphatic carbocycles. The fraction of sp³-hybridized carbons (Fsp3) is 0.404. The second-order valence-electron chi connectivity index (χ2n) is 15.5. The number of methoxy groups -OCH3 is 6. The number of carbonyl (C=O) groups excluding carboxylic acids is 3. The minimum absolute atomic E-state index is 0.0287. The Morgan fingerprint density at radius 3 is 2.09 bits per heavy atom.